The van der Waals surface area contributed by atoms with Crippen LogP contribution >= 0.6 is 11.3 Å². The van der Waals surface area contributed by atoms with Gasteiger partial charge in [-0.25, -0.2) is 13.8 Å². The first-order valence-electron chi connectivity index (χ1n) is 10.5. The van der Waals surface area contributed by atoms with Crippen molar-refractivity contribution >= 4 is 33.5 Å². The van der Waals surface area contributed by atoms with Crippen LogP contribution in [0.1, 0.15) is 30.9 Å². The molecule has 10 heteroatoms. The van der Waals surface area contributed by atoms with Gasteiger partial charge < -0.3 is 5.32 Å². The lowest BCUT2D eigenvalue weighted by Gasteiger charge is -2.09. The second-order valence-corrected chi connectivity index (χ2v) is 8.83. The third kappa shape index (κ3) is 5.89. The Balaban J connectivity index is 1.56. The van der Waals surface area contributed by atoms with Gasteiger partial charge >= 0.3 is 6.18 Å². The molecule has 0 fully saturated rings. The highest BCUT2D eigenvalue weighted by molar-refractivity contribution is 7.14. The quantitative estimate of drug-likeness (QED) is 0.211. The Morgan fingerprint density at radius 1 is 0.886 bits per heavy atom. The fourth-order valence-electron chi connectivity index (χ4n) is 3.18. The van der Waals surface area contributed by atoms with Crippen molar-refractivity contribution in [2.45, 2.75) is 25.9 Å². The maximum absolute atomic E-state index is 14.4. The van der Waals surface area contributed by atoms with Gasteiger partial charge in [0.05, 0.1) is 11.3 Å². The van der Waals surface area contributed by atoms with E-state index in [4.69, 9.17) is 0 Å². The van der Waals surface area contributed by atoms with E-state index in [0.717, 1.165) is 17.7 Å². The van der Waals surface area contributed by atoms with Crippen LogP contribution in [0.3, 0.4) is 0 Å². The molecule has 1 aromatic heterocycles. The largest absolute Gasteiger partial charge is 0.416 e. The molecule has 0 radical (unpaired) electrons. The normalized spacial score (nSPS) is 12.0. The molecule has 3 aromatic carbocycles. The summed E-state index contributed by atoms with van der Waals surface area (Å²) in [7, 11) is 0. The summed E-state index contributed by atoms with van der Waals surface area (Å²) in [5, 5.41) is 12.7. The third-order valence-electron chi connectivity index (χ3n) is 5.09. The number of hydrogen-bond donors (Lipinski definition) is 1. The standard InChI is InChI=1S/C25H19F5N4S/c1-14(2)15-6-8-19(26)21(10-15)33-34-22-11-16(7-9-20(22)27)23-13-35-24(32-23)31-18-5-3-4-17(12-18)25(28,29)30/h3-14H,1-2H3,(H,31,32)/b34-33+. The number of hydrogen-bond acceptors (Lipinski definition) is 5. The van der Waals surface area contributed by atoms with E-state index in [1.165, 1.54) is 47.7 Å². The fraction of sp³-hybridized carbons (Fsp3) is 0.160. The van der Waals surface area contributed by atoms with Gasteiger partial charge in [0, 0.05) is 16.6 Å². The number of nitrogens with one attached hydrogen (secondary N) is 1. The molecule has 35 heavy (non-hydrogen) atoms. The van der Waals surface area contributed by atoms with Crippen molar-refractivity contribution < 1.29 is 22.0 Å². The highest BCUT2D eigenvalue weighted by atomic mass is 32.1. The Kier molecular flexibility index (Phi) is 6.93. The summed E-state index contributed by atoms with van der Waals surface area (Å²) in [6.07, 6.45) is -4.45. The van der Waals surface area contributed by atoms with Crippen LogP contribution in [0.4, 0.5) is 44.1 Å². The summed E-state index contributed by atoms with van der Waals surface area (Å²) in [5.41, 5.74) is 1.22. The van der Waals surface area contributed by atoms with Crippen LogP contribution in [-0.2, 0) is 6.18 Å². The molecule has 180 valence electrons. The van der Waals surface area contributed by atoms with Crippen molar-refractivity contribution in [3.8, 4) is 11.3 Å². The molecule has 0 saturated heterocycles. The maximum atomic E-state index is 14.4. The zero-order chi connectivity index (χ0) is 25.2. The lowest BCUT2D eigenvalue weighted by atomic mass is 10.0. The smallest absolute Gasteiger partial charge is 0.332 e. The predicted octanol–water partition coefficient (Wildman–Crippen LogP) is 9.39. The van der Waals surface area contributed by atoms with Crippen molar-refractivity contribution in [1.29, 1.82) is 0 Å². The maximum Gasteiger partial charge on any atom is 0.416 e. The minimum Gasteiger partial charge on any atom is -0.332 e. The van der Waals surface area contributed by atoms with Gasteiger partial charge in [-0.2, -0.15) is 13.2 Å². The minimum atomic E-state index is -4.45. The average Bonchev–Trinajstić information content (AvgIpc) is 3.27. The zero-order valence-corrected chi connectivity index (χ0v) is 19.4. The number of anilines is 2. The molecule has 1 heterocycles. The molecular formula is C25H19F5N4S. The van der Waals surface area contributed by atoms with Gasteiger partial charge in [0.1, 0.15) is 11.4 Å². The van der Waals surface area contributed by atoms with E-state index in [2.05, 4.69) is 20.5 Å². The molecule has 4 rings (SSSR count). The van der Waals surface area contributed by atoms with E-state index < -0.39 is 23.4 Å². The average molecular weight is 503 g/mol. The topological polar surface area (TPSA) is 49.6 Å². The third-order valence-corrected chi connectivity index (χ3v) is 5.85. The highest BCUT2D eigenvalue weighted by Crippen LogP contribution is 2.34. The van der Waals surface area contributed by atoms with E-state index in [-0.39, 0.29) is 23.0 Å². The molecule has 0 spiro atoms. The molecule has 0 bridgehead atoms. The number of thiazole rings is 1. The second-order valence-electron chi connectivity index (χ2n) is 7.97. The number of azo groups is 1. The number of alkyl halides is 3. The van der Waals surface area contributed by atoms with Gasteiger partial charge in [0.15, 0.2) is 16.8 Å². The Morgan fingerprint density at radius 2 is 1.57 bits per heavy atom. The molecule has 0 saturated carbocycles. The van der Waals surface area contributed by atoms with Gasteiger partial charge in [-0.05, 0) is 60.0 Å². The molecule has 0 unspecified atom stereocenters. The van der Waals surface area contributed by atoms with Crippen LogP contribution in [-0.4, -0.2) is 4.98 Å². The fourth-order valence-corrected chi connectivity index (χ4v) is 3.92. The van der Waals surface area contributed by atoms with E-state index in [0.29, 0.717) is 16.4 Å². The summed E-state index contributed by atoms with van der Waals surface area (Å²) in [6.45, 7) is 3.92. The molecule has 0 aliphatic rings. The van der Waals surface area contributed by atoms with Gasteiger partial charge in [-0.3, -0.25) is 0 Å². The molecular weight excluding hydrogens is 483 g/mol. The van der Waals surface area contributed by atoms with Crippen LogP contribution in [0.5, 0.6) is 0 Å². The second kappa shape index (κ2) is 9.91. The zero-order valence-electron chi connectivity index (χ0n) is 18.6. The monoisotopic (exact) mass is 502 g/mol. The molecule has 0 amide bonds. The Hall–Kier alpha value is -3.66. The van der Waals surface area contributed by atoms with Crippen LogP contribution in [0.25, 0.3) is 11.3 Å². The summed E-state index contributed by atoms with van der Waals surface area (Å²) in [5.74, 6) is -1.05. The van der Waals surface area contributed by atoms with Gasteiger partial charge in [0.25, 0.3) is 0 Å². The van der Waals surface area contributed by atoms with Gasteiger partial charge in [0.2, 0.25) is 0 Å². The Labute approximate surface area is 202 Å². The first kappa shape index (κ1) is 24.5. The van der Waals surface area contributed by atoms with E-state index in [1.807, 2.05) is 13.8 Å². The van der Waals surface area contributed by atoms with Crippen LogP contribution < -0.4 is 5.32 Å². The molecule has 4 aromatic rings. The SMILES string of the molecule is CC(C)c1ccc(F)c(/N=N/c2cc(-c3csc(Nc4cccc(C(F)(F)F)c4)n3)ccc2F)c1. The minimum absolute atomic E-state index is 0.00207. The van der Waals surface area contributed by atoms with Crippen molar-refractivity contribution in [2.75, 3.05) is 5.32 Å². The van der Waals surface area contributed by atoms with Gasteiger partial charge in [-0.15, -0.1) is 21.6 Å². The Bertz CT molecular complexity index is 1380. The predicted molar refractivity (Wildman–Crippen MR) is 127 cm³/mol. The molecule has 4 nitrogen and oxygen atoms in total. The van der Waals surface area contributed by atoms with Gasteiger partial charge in [-0.1, -0.05) is 26.0 Å². The first-order chi connectivity index (χ1) is 16.6. The summed E-state index contributed by atoms with van der Waals surface area (Å²) in [6, 6.07) is 13.4. The lowest BCUT2D eigenvalue weighted by Crippen LogP contribution is -2.05. The van der Waals surface area contributed by atoms with E-state index in [9.17, 15) is 22.0 Å². The summed E-state index contributed by atoms with van der Waals surface area (Å²) >= 11 is 1.18. The van der Waals surface area contributed by atoms with E-state index >= 15 is 0 Å². The van der Waals surface area contributed by atoms with Crippen LogP contribution in [0.15, 0.2) is 76.3 Å². The van der Waals surface area contributed by atoms with Crippen molar-refractivity contribution in [3.05, 3.63) is 88.8 Å². The number of halogens is 5. The highest BCUT2D eigenvalue weighted by Gasteiger charge is 2.30. The molecule has 0 aliphatic carbocycles. The van der Waals surface area contributed by atoms with Crippen LogP contribution in [0.2, 0.25) is 0 Å². The molecule has 1 N–H and O–H groups in total. The summed E-state index contributed by atoms with van der Waals surface area (Å²) in [4.78, 5) is 4.37. The number of aromatic nitrogens is 1. The molecule has 0 atom stereocenters. The van der Waals surface area contributed by atoms with Crippen molar-refractivity contribution in [2.24, 2.45) is 10.2 Å². The van der Waals surface area contributed by atoms with Crippen molar-refractivity contribution in [1.82, 2.24) is 4.98 Å². The van der Waals surface area contributed by atoms with Crippen molar-refractivity contribution in [3.63, 3.8) is 0 Å². The first-order valence-corrected chi connectivity index (χ1v) is 11.4. The van der Waals surface area contributed by atoms with Crippen LogP contribution in [0, 0.1) is 11.6 Å². The Morgan fingerprint density at radius 3 is 2.26 bits per heavy atom. The van der Waals surface area contributed by atoms with E-state index in [1.54, 1.807) is 17.5 Å². The summed E-state index contributed by atoms with van der Waals surface area (Å²) < 4.78 is 67.3. The number of nitrogens with zero attached hydrogens (tertiary/aromatic N) is 3. The number of rotatable bonds is 6. The molecule has 0 aliphatic heterocycles. The lowest BCUT2D eigenvalue weighted by molar-refractivity contribution is -0.137. The number of benzene rings is 3.